The molecule has 4 N–H and O–H groups in total. The molecule has 1 atom stereocenters. The SMILES string of the molecule is O=C(OC[C@@H](O)CO)c1ccc(O)cc1O. The van der Waals surface area contributed by atoms with Gasteiger partial charge in [-0.1, -0.05) is 0 Å². The number of benzene rings is 1. The molecule has 0 saturated heterocycles. The molecule has 0 saturated carbocycles. The van der Waals surface area contributed by atoms with E-state index in [-0.39, 0.29) is 17.9 Å². The van der Waals surface area contributed by atoms with Crippen LogP contribution >= 0.6 is 0 Å². The first-order valence-electron chi connectivity index (χ1n) is 4.52. The van der Waals surface area contributed by atoms with Crippen LogP contribution in [0.5, 0.6) is 11.5 Å². The Balaban J connectivity index is 2.66. The van der Waals surface area contributed by atoms with Crippen LogP contribution in [0, 0.1) is 0 Å². The minimum absolute atomic E-state index is 0.122. The number of aromatic hydroxyl groups is 2. The Morgan fingerprint density at radius 3 is 2.62 bits per heavy atom. The Hall–Kier alpha value is -1.79. The van der Waals surface area contributed by atoms with Gasteiger partial charge in [0, 0.05) is 6.07 Å². The van der Waals surface area contributed by atoms with Gasteiger partial charge in [0.05, 0.1) is 6.61 Å². The average molecular weight is 228 g/mol. The fraction of sp³-hybridized carbons (Fsp3) is 0.300. The van der Waals surface area contributed by atoms with E-state index in [2.05, 4.69) is 4.74 Å². The van der Waals surface area contributed by atoms with Crippen LogP contribution in [0.4, 0.5) is 0 Å². The number of rotatable bonds is 4. The molecule has 6 nitrogen and oxygen atoms in total. The van der Waals surface area contributed by atoms with E-state index in [4.69, 9.17) is 15.3 Å². The second-order valence-electron chi connectivity index (χ2n) is 3.14. The third-order valence-corrected chi connectivity index (χ3v) is 1.82. The average Bonchev–Trinajstić information content (AvgIpc) is 2.25. The van der Waals surface area contributed by atoms with Gasteiger partial charge in [-0.25, -0.2) is 4.79 Å². The summed E-state index contributed by atoms with van der Waals surface area (Å²) in [6.07, 6.45) is -1.15. The molecule has 1 aromatic rings. The molecule has 0 aliphatic rings. The van der Waals surface area contributed by atoms with Crippen LogP contribution in [0.1, 0.15) is 10.4 Å². The Labute approximate surface area is 91.3 Å². The molecule has 6 heteroatoms. The predicted molar refractivity (Wildman–Crippen MR) is 53.1 cm³/mol. The number of esters is 1. The van der Waals surface area contributed by atoms with Crippen molar-refractivity contribution in [3.05, 3.63) is 23.8 Å². The molecule has 88 valence electrons. The number of hydrogen-bond acceptors (Lipinski definition) is 6. The molecule has 0 aliphatic carbocycles. The summed E-state index contributed by atoms with van der Waals surface area (Å²) in [4.78, 5) is 11.3. The van der Waals surface area contributed by atoms with Gasteiger partial charge in [0.2, 0.25) is 0 Å². The lowest BCUT2D eigenvalue weighted by molar-refractivity contribution is 0.00913. The highest BCUT2D eigenvalue weighted by Crippen LogP contribution is 2.23. The van der Waals surface area contributed by atoms with E-state index in [1.807, 2.05) is 0 Å². The number of phenolic OH excluding ortho intramolecular Hbond substituents is 2. The number of aliphatic hydroxyl groups excluding tert-OH is 2. The fourth-order valence-electron chi connectivity index (χ4n) is 0.995. The molecule has 1 rings (SSSR count). The highest BCUT2D eigenvalue weighted by atomic mass is 16.5. The van der Waals surface area contributed by atoms with Crippen molar-refractivity contribution in [2.75, 3.05) is 13.2 Å². The zero-order valence-electron chi connectivity index (χ0n) is 8.33. The van der Waals surface area contributed by atoms with Gasteiger partial charge in [-0.15, -0.1) is 0 Å². The largest absolute Gasteiger partial charge is 0.508 e. The number of carbonyl (C=O) groups is 1. The molecule has 1 aromatic carbocycles. The van der Waals surface area contributed by atoms with Gasteiger partial charge in [0.15, 0.2) is 0 Å². The number of ether oxygens (including phenoxy) is 1. The summed E-state index contributed by atoms with van der Waals surface area (Å²) >= 11 is 0. The Morgan fingerprint density at radius 1 is 1.38 bits per heavy atom. The lowest BCUT2D eigenvalue weighted by Crippen LogP contribution is -2.21. The first-order chi connectivity index (χ1) is 7.54. The molecule has 0 aliphatic heterocycles. The summed E-state index contributed by atoms with van der Waals surface area (Å²) in [7, 11) is 0. The summed E-state index contributed by atoms with van der Waals surface area (Å²) in [5.41, 5.74) is -0.122. The summed E-state index contributed by atoms with van der Waals surface area (Å²) in [5.74, 6) is -1.43. The van der Waals surface area contributed by atoms with Crippen LogP contribution < -0.4 is 0 Å². The zero-order valence-corrected chi connectivity index (χ0v) is 8.33. The summed E-state index contributed by atoms with van der Waals surface area (Å²) in [5, 5.41) is 35.7. The van der Waals surface area contributed by atoms with Crippen molar-refractivity contribution in [3.63, 3.8) is 0 Å². The number of aliphatic hydroxyl groups is 2. The van der Waals surface area contributed by atoms with Gasteiger partial charge in [0.25, 0.3) is 0 Å². The number of carbonyl (C=O) groups excluding carboxylic acids is 1. The van der Waals surface area contributed by atoms with Crippen molar-refractivity contribution in [2.24, 2.45) is 0 Å². The van der Waals surface area contributed by atoms with E-state index in [9.17, 15) is 9.90 Å². The maximum absolute atomic E-state index is 11.3. The fourth-order valence-corrected chi connectivity index (χ4v) is 0.995. The molecule has 16 heavy (non-hydrogen) atoms. The van der Waals surface area contributed by atoms with Crippen LogP contribution in [0.25, 0.3) is 0 Å². The van der Waals surface area contributed by atoms with Crippen LogP contribution in [0.3, 0.4) is 0 Å². The van der Waals surface area contributed by atoms with Gasteiger partial charge in [-0.05, 0) is 12.1 Å². The number of hydrogen-bond donors (Lipinski definition) is 4. The smallest absolute Gasteiger partial charge is 0.342 e. The van der Waals surface area contributed by atoms with Gasteiger partial charge in [0.1, 0.15) is 29.8 Å². The summed E-state index contributed by atoms with van der Waals surface area (Å²) in [6.45, 7) is -0.884. The van der Waals surface area contributed by atoms with Gasteiger partial charge in [-0.2, -0.15) is 0 Å². The van der Waals surface area contributed by atoms with E-state index in [1.165, 1.54) is 12.1 Å². The molecule has 0 fully saturated rings. The Morgan fingerprint density at radius 2 is 2.06 bits per heavy atom. The minimum atomic E-state index is -1.15. The first-order valence-corrected chi connectivity index (χ1v) is 4.52. The van der Waals surface area contributed by atoms with Crippen molar-refractivity contribution >= 4 is 5.97 Å². The second-order valence-corrected chi connectivity index (χ2v) is 3.14. The Kier molecular flexibility index (Phi) is 4.10. The van der Waals surface area contributed by atoms with Crippen molar-refractivity contribution < 1.29 is 30.0 Å². The molecular formula is C10H12O6. The van der Waals surface area contributed by atoms with E-state index in [1.54, 1.807) is 0 Å². The monoisotopic (exact) mass is 228 g/mol. The second kappa shape index (κ2) is 5.34. The molecule has 0 heterocycles. The summed E-state index contributed by atoms with van der Waals surface area (Å²) < 4.78 is 4.61. The van der Waals surface area contributed by atoms with Crippen molar-refractivity contribution in [1.82, 2.24) is 0 Å². The third-order valence-electron chi connectivity index (χ3n) is 1.82. The van der Waals surface area contributed by atoms with E-state index >= 15 is 0 Å². The lowest BCUT2D eigenvalue weighted by Gasteiger charge is -2.09. The van der Waals surface area contributed by atoms with E-state index in [0.717, 1.165) is 6.07 Å². The molecule has 0 bridgehead atoms. The molecule has 0 radical (unpaired) electrons. The lowest BCUT2D eigenvalue weighted by atomic mass is 10.2. The topological polar surface area (TPSA) is 107 Å². The Bertz CT molecular complexity index is 376. The van der Waals surface area contributed by atoms with Crippen LogP contribution in [0.2, 0.25) is 0 Å². The number of phenols is 2. The third kappa shape index (κ3) is 3.11. The van der Waals surface area contributed by atoms with Gasteiger partial charge < -0.3 is 25.2 Å². The molecule has 0 amide bonds. The maximum atomic E-state index is 11.3. The van der Waals surface area contributed by atoms with Crippen LogP contribution in [-0.4, -0.2) is 45.7 Å². The van der Waals surface area contributed by atoms with Crippen molar-refractivity contribution in [3.8, 4) is 11.5 Å². The standard InChI is InChI=1S/C10H12O6/c11-4-7(13)5-16-10(15)8-2-1-6(12)3-9(8)14/h1-3,7,11-14H,4-5H2/t7-/m0/s1. The van der Waals surface area contributed by atoms with Crippen molar-refractivity contribution in [2.45, 2.75) is 6.10 Å². The summed E-state index contributed by atoms with van der Waals surface area (Å²) in [6, 6.07) is 3.41. The van der Waals surface area contributed by atoms with Crippen LogP contribution in [0.15, 0.2) is 18.2 Å². The minimum Gasteiger partial charge on any atom is -0.508 e. The molecule has 0 unspecified atom stereocenters. The normalized spacial score (nSPS) is 12.1. The van der Waals surface area contributed by atoms with E-state index < -0.39 is 24.4 Å². The molecule has 0 aromatic heterocycles. The molecule has 0 spiro atoms. The van der Waals surface area contributed by atoms with E-state index in [0.29, 0.717) is 0 Å². The van der Waals surface area contributed by atoms with Crippen LogP contribution in [-0.2, 0) is 4.74 Å². The quantitative estimate of drug-likeness (QED) is 0.523. The highest BCUT2D eigenvalue weighted by Gasteiger charge is 2.14. The molecular weight excluding hydrogens is 216 g/mol. The van der Waals surface area contributed by atoms with Gasteiger partial charge in [-0.3, -0.25) is 0 Å². The maximum Gasteiger partial charge on any atom is 0.342 e. The van der Waals surface area contributed by atoms with Crippen molar-refractivity contribution in [1.29, 1.82) is 0 Å². The first kappa shape index (κ1) is 12.3. The highest BCUT2D eigenvalue weighted by molar-refractivity contribution is 5.92. The van der Waals surface area contributed by atoms with Gasteiger partial charge >= 0.3 is 5.97 Å². The predicted octanol–water partition coefficient (Wildman–Crippen LogP) is -0.392. The zero-order chi connectivity index (χ0) is 12.1.